The second-order valence-corrected chi connectivity index (χ2v) is 8.66. The average molecular weight is 561 g/mol. The van der Waals surface area contributed by atoms with Crippen molar-refractivity contribution in [2.24, 2.45) is 0 Å². The van der Waals surface area contributed by atoms with Crippen LogP contribution in [0.2, 0.25) is 0 Å². The summed E-state index contributed by atoms with van der Waals surface area (Å²) in [6.07, 6.45) is -4.12. The van der Waals surface area contributed by atoms with Gasteiger partial charge in [0.2, 0.25) is 0 Å². The number of phenolic OH excluding ortho intramolecular Hbond substituents is 1. The van der Waals surface area contributed by atoms with Gasteiger partial charge in [-0.3, -0.25) is 4.79 Å². The molecule has 0 saturated carbocycles. The summed E-state index contributed by atoms with van der Waals surface area (Å²) in [7, 11) is 0. The molecule has 3 aromatic carbocycles. The lowest BCUT2D eigenvalue weighted by Crippen LogP contribution is -2.49. The third-order valence-corrected chi connectivity index (χ3v) is 5.65. The Morgan fingerprint density at radius 3 is 2.20 bits per heavy atom. The summed E-state index contributed by atoms with van der Waals surface area (Å²) >= 11 is 0. The number of esters is 1. The van der Waals surface area contributed by atoms with Crippen molar-refractivity contribution in [2.75, 3.05) is 13.1 Å². The maximum absolute atomic E-state index is 12.9. The van der Waals surface area contributed by atoms with Crippen LogP contribution in [0.3, 0.4) is 0 Å². The Hall–Kier alpha value is -4.58. The van der Waals surface area contributed by atoms with Gasteiger partial charge in [-0.15, -0.1) is 0 Å². The Morgan fingerprint density at radius 2 is 1.55 bits per heavy atom. The predicted octanol–water partition coefficient (Wildman–Crippen LogP) is 4.53. The van der Waals surface area contributed by atoms with Crippen molar-refractivity contribution in [2.45, 2.75) is 31.2 Å². The maximum atomic E-state index is 12.9. The van der Waals surface area contributed by atoms with Crippen molar-refractivity contribution in [3.63, 3.8) is 0 Å². The van der Waals surface area contributed by atoms with Crippen LogP contribution in [0.15, 0.2) is 78.9 Å². The van der Waals surface area contributed by atoms with E-state index in [-0.39, 0.29) is 17.7 Å². The van der Waals surface area contributed by atoms with Gasteiger partial charge < -0.3 is 30.3 Å². The molecule has 0 aromatic heterocycles. The molecule has 4 rings (SSSR count). The molecular formula is C28H27F3N2O7. The Labute approximate surface area is 227 Å². The van der Waals surface area contributed by atoms with Crippen LogP contribution >= 0.6 is 0 Å². The van der Waals surface area contributed by atoms with Gasteiger partial charge in [-0.1, -0.05) is 24.3 Å². The van der Waals surface area contributed by atoms with Gasteiger partial charge in [0.25, 0.3) is 5.91 Å². The zero-order valence-corrected chi connectivity index (χ0v) is 21.1. The van der Waals surface area contributed by atoms with Crippen LogP contribution in [0.25, 0.3) is 0 Å². The summed E-state index contributed by atoms with van der Waals surface area (Å²) in [5.74, 6) is -2.21. The Bertz CT molecular complexity index is 1290. The van der Waals surface area contributed by atoms with E-state index in [2.05, 4.69) is 10.6 Å². The summed E-state index contributed by atoms with van der Waals surface area (Å²) in [4.78, 5) is 34.5. The van der Waals surface area contributed by atoms with Crippen molar-refractivity contribution >= 4 is 17.8 Å². The quantitative estimate of drug-likeness (QED) is 0.323. The summed E-state index contributed by atoms with van der Waals surface area (Å²) in [6, 6.07) is 21.8. The number of hydrogen-bond acceptors (Lipinski definition) is 7. The van der Waals surface area contributed by atoms with Gasteiger partial charge in [-0.2, -0.15) is 13.2 Å². The van der Waals surface area contributed by atoms with Gasteiger partial charge in [0, 0.05) is 12.1 Å². The molecule has 1 aliphatic rings. The molecule has 0 unspecified atom stereocenters. The molecule has 1 aliphatic heterocycles. The number of hydrogen-bond donors (Lipinski definition) is 4. The molecular weight excluding hydrogens is 533 g/mol. The van der Waals surface area contributed by atoms with Gasteiger partial charge in [-0.25, -0.2) is 9.59 Å². The summed E-state index contributed by atoms with van der Waals surface area (Å²) in [5.41, 5.74) is 0.803. The number of nitrogens with one attached hydrogen (secondary N) is 2. The van der Waals surface area contributed by atoms with Gasteiger partial charge >= 0.3 is 18.1 Å². The van der Waals surface area contributed by atoms with Crippen LogP contribution in [0.1, 0.15) is 33.6 Å². The van der Waals surface area contributed by atoms with E-state index in [1.54, 1.807) is 36.4 Å². The van der Waals surface area contributed by atoms with Crippen molar-refractivity contribution in [3.8, 4) is 17.2 Å². The molecule has 40 heavy (non-hydrogen) atoms. The van der Waals surface area contributed by atoms with Crippen molar-refractivity contribution in [3.05, 3.63) is 90.0 Å². The molecule has 0 bridgehead atoms. The molecule has 1 fully saturated rings. The number of benzene rings is 3. The first-order valence-corrected chi connectivity index (χ1v) is 12.2. The predicted molar refractivity (Wildman–Crippen MR) is 137 cm³/mol. The van der Waals surface area contributed by atoms with Crippen molar-refractivity contribution < 1.29 is 47.2 Å². The van der Waals surface area contributed by atoms with E-state index in [0.717, 1.165) is 13.0 Å². The van der Waals surface area contributed by atoms with Crippen LogP contribution in [0.5, 0.6) is 17.2 Å². The van der Waals surface area contributed by atoms with Crippen LogP contribution in [-0.2, 0) is 9.53 Å². The minimum atomic E-state index is -5.08. The van der Waals surface area contributed by atoms with Crippen molar-refractivity contribution in [1.29, 1.82) is 0 Å². The number of alkyl halides is 3. The molecule has 212 valence electrons. The van der Waals surface area contributed by atoms with Crippen molar-refractivity contribution in [1.82, 2.24) is 10.6 Å². The van der Waals surface area contributed by atoms with E-state index >= 15 is 0 Å². The number of ether oxygens (including phenoxy) is 2. The fourth-order valence-electron chi connectivity index (χ4n) is 3.68. The number of carboxylic acids is 1. The molecule has 3 aromatic rings. The number of para-hydroxylation sites is 1. The first-order chi connectivity index (χ1) is 19.0. The van der Waals surface area contributed by atoms with Crippen LogP contribution in [0.4, 0.5) is 13.2 Å². The number of amides is 1. The Balaban J connectivity index is 0.000000559. The first kappa shape index (κ1) is 30.0. The number of aliphatic carboxylic acids is 1. The molecule has 12 heteroatoms. The van der Waals surface area contributed by atoms with E-state index < -0.39 is 24.2 Å². The number of phenols is 1. The summed E-state index contributed by atoms with van der Waals surface area (Å²) < 4.78 is 43.4. The number of aromatic hydroxyl groups is 1. The fraction of sp³-hybridized carbons (Fsp3) is 0.250. The monoisotopic (exact) mass is 560 g/mol. The number of carbonyl (C=O) groups is 3. The molecule has 0 aliphatic carbocycles. The molecule has 9 nitrogen and oxygen atoms in total. The second kappa shape index (κ2) is 14.0. The first-order valence-electron chi connectivity index (χ1n) is 12.2. The highest BCUT2D eigenvalue weighted by atomic mass is 19.4. The van der Waals surface area contributed by atoms with Crippen LogP contribution in [-0.4, -0.2) is 59.5 Å². The zero-order valence-electron chi connectivity index (χ0n) is 21.1. The van der Waals surface area contributed by atoms with Gasteiger partial charge in [0.05, 0.1) is 11.6 Å². The number of halogens is 3. The van der Waals surface area contributed by atoms with Crippen LogP contribution in [0, 0.1) is 0 Å². The van der Waals surface area contributed by atoms with E-state index in [0.29, 0.717) is 35.6 Å². The highest BCUT2D eigenvalue weighted by Gasteiger charge is 2.38. The second-order valence-electron chi connectivity index (χ2n) is 8.66. The minimum Gasteiger partial charge on any atom is -0.508 e. The number of carboxylic acid groups (broad SMARTS) is 1. The molecule has 1 saturated heterocycles. The third kappa shape index (κ3) is 9.31. The van der Waals surface area contributed by atoms with Gasteiger partial charge in [0.15, 0.2) is 0 Å². The summed E-state index contributed by atoms with van der Waals surface area (Å²) in [6.45, 7) is 1.26. The molecule has 2 atom stereocenters. The van der Waals surface area contributed by atoms with E-state index in [1.165, 1.54) is 12.1 Å². The number of rotatable bonds is 6. The molecule has 0 spiro atoms. The molecule has 0 radical (unpaired) electrons. The lowest BCUT2D eigenvalue weighted by atomic mass is 10.1. The SMILES string of the molecule is O=C(N[C@@H]1CNCCC[C@H]1OC(=O)c1cccc(Oc2ccccc2)c1)c1ccc(O)cc1.O=C(O)C(F)(F)F. The average Bonchev–Trinajstić information content (AvgIpc) is 3.14. The van der Waals surface area contributed by atoms with E-state index in [1.807, 2.05) is 30.3 Å². The smallest absolute Gasteiger partial charge is 0.490 e. The molecule has 4 N–H and O–H groups in total. The van der Waals surface area contributed by atoms with E-state index in [9.17, 15) is 27.9 Å². The van der Waals surface area contributed by atoms with E-state index in [4.69, 9.17) is 19.4 Å². The zero-order chi connectivity index (χ0) is 29.1. The topological polar surface area (TPSA) is 134 Å². The standard InChI is InChI=1S/C26H26N2O5.C2HF3O2/c29-20-13-11-18(12-14-20)25(30)28-23-17-27-15-5-10-24(23)33-26(31)19-6-4-9-22(16-19)32-21-7-2-1-3-8-21;3-2(4,5)1(6)7/h1-4,6-9,11-14,16,23-24,27,29H,5,10,15,17H2,(H,28,30);(H,6,7)/t23-,24-;/m1./s1. The highest BCUT2D eigenvalue weighted by Crippen LogP contribution is 2.23. The number of carbonyl (C=O) groups excluding carboxylic acids is 2. The maximum Gasteiger partial charge on any atom is 0.490 e. The lowest BCUT2D eigenvalue weighted by molar-refractivity contribution is -0.192. The molecule has 1 heterocycles. The fourth-order valence-corrected chi connectivity index (χ4v) is 3.68. The minimum absolute atomic E-state index is 0.0907. The third-order valence-electron chi connectivity index (χ3n) is 5.65. The normalized spacial score (nSPS) is 16.9. The van der Waals surface area contributed by atoms with Gasteiger partial charge in [0.1, 0.15) is 23.4 Å². The summed E-state index contributed by atoms with van der Waals surface area (Å²) in [5, 5.41) is 22.8. The Morgan fingerprint density at radius 1 is 0.900 bits per heavy atom. The highest BCUT2D eigenvalue weighted by molar-refractivity contribution is 5.94. The Kier molecular flexibility index (Phi) is 10.5. The van der Waals surface area contributed by atoms with Crippen LogP contribution < -0.4 is 15.4 Å². The largest absolute Gasteiger partial charge is 0.508 e. The lowest BCUT2D eigenvalue weighted by Gasteiger charge is -2.26. The van der Waals surface area contributed by atoms with Gasteiger partial charge in [-0.05, 0) is 74.0 Å². The molecule has 1 amide bonds.